The number of benzene rings is 1. The van der Waals surface area contributed by atoms with Gasteiger partial charge in [0, 0.05) is 5.92 Å². The maximum Gasteiger partial charge on any atom is 0.110 e. The van der Waals surface area contributed by atoms with Crippen LogP contribution in [0.1, 0.15) is 56.0 Å². The van der Waals surface area contributed by atoms with Crippen LogP contribution < -0.4 is 0 Å². The zero-order valence-corrected chi connectivity index (χ0v) is 11.8. The fourth-order valence-corrected chi connectivity index (χ4v) is 3.49. The summed E-state index contributed by atoms with van der Waals surface area (Å²) < 4.78 is 0. The molecular weight excluding hydrogens is 220 g/mol. The summed E-state index contributed by atoms with van der Waals surface area (Å²) in [6.45, 7) is 9.04. The van der Waals surface area contributed by atoms with Crippen LogP contribution in [0.5, 0.6) is 0 Å². The molecule has 0 bridgehead atoms. The number of aryl methyl sites for hydroxylation is 2. The smallest absolute Gasteiger partial charge is 0.110 e. The number of hydrogen-bond acceptors (Lipinski definition) is 1. The van der Waals surface area contributed by atoms with E-state index in [1.54, 1.807) is 0 Å². The Hall–Kier alpha value is -1.31. The van der Waals surface area contributed by atoms with Crippen LogP contribution in [-0.4, -0.2) is 9.97 Å². The third-order valence-corrected chi connectivity index (χ3v) is 4.53. The minimum Gasteiger partial charge on any atom is -0.342 e. The number of nitrogens with zero attached hydrogens (tertiary/aromatic N) is 1. The van der Waals surface area contributed by atoms with E-state index in [2.05, 4.69) is 44.8 Å². The Morgan fingerprint density at radius 3 is 2.72 bits per heavy atom. The molecule has 1 aliphatic rings. The Morgan fingerprint density at radius 1 is 1.28 bits per heavy atom. The van der Waals surface area contributed by atoms with Gasteiger partial charge in [0.15, 0.2) is 0 Å². The second-order valence-corrected chi connectivity index (χ2v) is 6.53. The molecule has 96 valence electrons. The van der Waals surface area contributed by atoms with Gasteiger partial charge in [-0.2, -0.15) is 0 Å². The van der Waals surface area contributed by atoms with Crippen molar-refractivity contribution in [2.75, 3.05) is 0 Å². The lowest BCUT2D eigenvalue weighted by atomic mass is 9.81. The van der Waals surface area contributed by atoms with Crippen molar-refractivity contribution in [2.45, 2.75) is 52.9 Å². The number of nitrogens with one attached hydrogen (secondary N) is 1. The van der Waals surface area contributed by atoms with Crippen LogP contribution in [-0.2, 0) is 0 Å². The Kier molecular flexibility index (Phi) is 2.51. The molecule has 0 amide bonds. The average Bonchev–Trinajstić information content (AvgIpc) is 2.80. The van der Waals surface area contributed by atoms with Gasteiger partial charge in [-0.15, -0.1) is 0 Å². The Morgan fingerprint density at radius 2 is 2.06 bits per heavy atom. The normalized spacial score (nSPS) is 22.8. The standard InChI is InChI=1S/C16H22N2/c1-10-8-11(2)14-13(9-10)17-15(18-14)12-6-5-7-16(12,3)4/h8-9,12H,5-7H2,1-4H3,(H,17,18). The van der Waals surface area contributed by atoms with Gasteiger partial charge in [0.1, 0.15) is 5.82 Å². The average molecular weight is 242 g/mol. The molecule has 0 spiro atoms. The van der Waals surface area contributed by atoms with Crippen molar-refractivity contribution in [1.82, 2.24) is 9.97 Å². The fraction of sp³-hybridized carbons (Fsp3) is 0.562. The van der Waals surface area contributed by atoms with Crippen LogP contribution in [0.25, 0.3) is 11.0 Å². The lowest BCUT2D eigenvalue weighted by Crippen LogP contribution is -2.16. The fourth-order valence-electron chi connectivity index (χ4n) is 3.49. The van der Waals surface area contributed by atoms with Gasteiger partial charge in [-0.1, -0.05) is 26.3 Å². The van der Waals surface area contributed by atoms with Gasteiger partial charge in [0.05, 0.1) is 11.0 Å². The van der Waals surface area contributed by atoms with Gasteiger partial charge < -0.3 is 4.98 Å². The quantitative estimate of drug-likeness (QED) is 0.785. The molecule has 1 heterocycles. The first-order valence-corrected chi connectivity index (χ1v) is 6.94. The zero-order valence-electron chi connectivity index (χ0n) is 11.8. The van der Waals surface area contributed by atoms with Crippen molar-refractivity contribution in [3.05, 3.63) is 29.1 Å². The first kappa shape index (κ1) is 11.8. The van der Waals surface area contributed by atoms with Crippen molar-refractivity contribution in [3.8, 4) is 0 Å². The monoisotopic (exact) mass is 242 g/mol. The van der Waals surface area contributed by atoms with E-state index in [9.17, 15) is 0 Å². The SMILES string of the molecule is Cc1cc(C)c2nc(C3CCCC3(C)C)[nH]c2c1. The Bertz CT molecular complexity index is 592. The minimum absolute atomic E-state index is 0.386. The number of imidazole rings is 1. The second kappa shape index (κ2) is 3.84. The highest BCUT2D eigenvalue weighted by Crippen LogP contribution is 2.48. The van der Waals surface area contributed by atoms with Gasteiger partial charge in [0.25, 0.3) is 0 Å². The van der Waals surface area contributed by atoms with Crippen LogP contribution >= 0.6 is 0 Å². The summed E-state index contributed by atoms with van der Waals surface area (Å²) in [5.74, 6) is 1.78. The highest BCUT2D eigenvalue weighted by Gasteiger charge is 2.37. The first-order valence-electron chi connectivity index (χ1n) is 6.94. The Balaban J connectivity index is 2.11. The van der Waals surface area contributed by atoms with Gasteiger partial charge in [-0.05, 0) is 49.3 Å². The number of aromatic amines is 1. The number of rotatable bonds is 1. The van der Waals surface area contributed by atoms with E-state index in [1.807, 2.05) is 0 Å². The predicted octanol–water partition coefficient (Wildman–Crippen LogP) is 4.47. The molecule has 2 heteroatoms. The molecule has 1 aromatic carbocycles. The Labute approximate surface area is 109 Å². The molecule has 1 aromatic heterocycles. The maximum absolute atomic E-state index is 4.88. The van der Waals surface area contributed by atoms with Crippen LogP contribution in [0.3, 0.4) is 0 Å². The maximum atomic E-state index is 4.88. The van der Waals surface area contributed by atoms with Crippen molar-refractivity contribution >= 4 is 11.0 Å². The summed E-state index contributed by atoms with van der Waals surface area (Å²) in [6.07, 6.45) is 3.91. The highest BCUT2D eigenvalue weighted by molar-refractivity contribution is 5.79. The predicted molar refractivity (Wildman–Crippen MR) is 75.9 cm³/mol. The van der Waals surface area contributed by atoms with Crippen molar-refractivity contribution in [1.29, 1.82) is 0 Å². The number of hydrogen-bond donors (Lipinski definition) is 1. The molecule has 2 aromatic rings. The van der Waals surface area contributed by atoms with E-state index in [4.69, 9.17) is 4.98 Å². The van der Waals surface area contributed by atoms with E-state index >= 15 is 0 Å². The molecule has 18 heavy (non-hydrogen) atoms. The van der Waals surface area contributed by atoms with Crippen LogP contribution in [0.4, 0.5) is 0 Å². The van der Waals surface area contributed by atoms with Gasteiger partial charge in [0.2, 0.25) is 0 Å². The van der Waals surface area contributed by atoms with E-state index in [1.165, 1.54) is 41.7 Å². The first-order chi connectivity index (χ1) is 8.47. The van der Waals surface area contributed by atoms with Crippen molar-refractivity contribution in [2.24, 2.45) is 5.41 Å². The van der Waals surface area contributed by atoms with E-state index in [0.29, 0.717) is 11.3 Å². The van der Waals surface area contributed by atoms with Gasteiger partial charge in [-0.3, -0.25) is 0 Å². The number of H-pyrrole nitrogens is 1. The van der Waals surface area contributed by atoms with Gasteiger partial charge >= 0.3 is 0 Å². The minimum atomic E-state index is 0.386. The largest absolute Gasteiger partial charge is 0.342 e. The number of fused-ring (bicyclic) bond motifs is 1. The summed E-state index contributed by atoms with van der Waals surface area (Å²) in [7, 11) is 0. The molecule has 1 atom stereocenters. The summed E-state index contributed by atoms with van der Waals surface area (Å²) in [5, 5.41) is 0. The van der Waals surface area contributed by atoms with Crippen LogP contribution in [0, 0.1) is 19.3 Å². The number of aromatic nitrogens is 2. The highest BCUT2D eigenvalue weighted by atomic mass is 14.9. The molecule has 2 nitrogen and oxygen atoms in total. The molecule has 1 saturated carbocycles. The van der Waals surface area contributed by atoms with Crippen LogP contribution in [0.2, 0.25) is 0 Å². The third-order valence-electron chi connectivity index (χ3n) is 4.53. The summed E-state index contributed by atoms with van der Waals surface area (Å²) in [4.78, 5) is 8.44. The topological polar surface area (TPSA) is 28.7 Å². The summed E-state index contributed by atoms with van der Waals surface area (Å²) in [5.41, 5.74) is 5.32. The molecule has 1 aliphatic carbocycles. The zero-order chi connectivity index (χ0) is 12.9. The van der Waals surface area contributed by atoms with E-state index in [-0.39, 0.29) is 0 Å². The second-order valence-electron chi connectivity index (χ2n) is 6.53. The molecule has 0 saturated heterocycles. The van der Waals surface area contributed by atoms with Crippen LogP contribution in [0.15, 0.2) is 12.1 Å². The third kappa shape index (κ3) is 1.75. The molecule has 0 radical (unpaired) electrons. The molecule has 1 N–H and O–H groups in total. The molecule has 1 fully saturated rings. The lowest BCUT2D eigenvalue weighted by molar-refractivity contribution is 0.324. The van der Waals surface area contributed by atoms with Crippen molar-refractivity contribution < 1.29 is 0 Å². The molecule has 0 aliphatic heterocycles. The molecule has 3 rings (SSSR count). The summed E-state index contributed by atoms with van der Waals surface area (Å²) in [6, 6.07) is 4.42. The summed E-state index contributed by atoms with van der Waals surface area (Å²) >= 11 is 0. The molecule has 1 unspecified atom stereocenters. The van der Waals surface area contributed by atoms with Crippen molar-refractivity contribution in [3.63, 3.8) is 0 Å². The van der Waals surface area contributed by atoms with E-state index in [0.717, 1.165) is 5.52 Å². The molecular formula is C16H22N2. The van der Waals surface area contributed by atoms with E-state index < -0.39 is 0 Å². The van der Waals surface area contributed by atoms with Gasteiger partial charge in [-0.25, -0.2) is 4.98 Å². The lowest BCUT2D eigenvalue weighted by Gasteiger charge is -2.24.